The van der Waals surface area contributed by atoms with Crippen molar-refractivity contribution in [2.45, 2.75) is 32.0 Å². The Balaban J connectivity index is 1.71. The van der Waals surface area contributed by atoms with Crippen molar-refractivity contribution < 1.29 is 0 Å². The number of nitrogens with one attached hydrogen (secondary N) is 1. The number of pyridine rings is 1. The molecular weight excluding hydrogens is 442 g/mol. The number of aliphatic imine (C=N–C) groups is 1. The highest BCUT2D eigenvalue weighted by atomic mass is 35.5. The summed E-state index contributed by atoms with van der Waals surface area (Å²) >= 11 is 11.7. The number of aromatic nitrogens is 3. The van der Waals surface area contributed by atoms with E-state index in [1.165, 1.54) is 6.42 Å². The zero-order valence-corrected chi connectivity index (χ0v) is 19.9. The van der Waals surface area contributed by atoms with Crippen molar-refractivity contribution in [2.24, 2.45) is 12.0 Å². The van der Waals surface area contributed by atoms with E-state index < -0.39 is 0 Å². The summed E-state index contributed by atoms with van der Waals surface area (Å²) in [6, 6.07) is 14.0. The Kier molecular flexibility index (Phi) is 6.93. The first-order valence-electron chi connectivity index (χ1n) is 10.7. The fraction of sp³-hybridized carbons (Fsp3) is 0.348. The first-order chi connectivity index (χ1) is 15.4. The average molecular weight is 470 g/mol. The highest BCUT2D eigenvalue weighted by molar-refractivity contribution is 7.71. The predicted molar refractivity (Wildman–Crippen MR) is 134 cm³/mol. The third kappa shape index (κ3) is 4.87. The first kappa shape index (κ1) is 22.5. The van der Waals surface area contributed by atoms with E-state index in [-0.39, 0.29) is 0 Å². The molecule has 32 heavy (non-hydrogen) atoms. The molecule has 7 nitrogen and oxygen atoms in total. The molecule has 1 aliphatic heterocycles. The van der Waals surface area contributed by atoms with Crippen molar-refractivity contribution >= 4 is 41.2 Å². The number of hydrogen-bond acceptors (Lipinski definition) is 5. The molecule has 1 aromatic carbocycles. The molecule has 0 spiro atoms. The molecule has 0 amide bonds. The molecule has 4 rings (SSSR count). The molecule has 1 atom stereocenters. The van der Waals surface area contributed by atoms with Gasteiger partial charge in [-0.2, -0.15) is 0 Å². The standard InChI is InChI=1S/C23H28ClN7S/c1-29-12-6-9-18(29)15-31-21(25)20(23(32)30(31)2)22(28-17-7-4-3-5-8-17)27-14-16-10-11-19(24)26-13-16/h3-5,7-8,10-11,13,18H,6,9,12,14-15,25H2,1-2H3,(H,27,28). The van der Waals surface area contributed by atoms with Crippen molar-refractivity contribution in [3.8, 4) is 0 Å². The van der Waals surface area contributed by atoms with Gasteiger partial charge in [-0.1, -0.05) is 48.1 Å². The van der Waals surface area contributed by atoms with E-state index in [9.17, 15) is 0 Å². The van der Waals surface area contributed by atoms with Gasteiger partial charge in [0.1, 0.15) is 21.4 Å². The zero-order valence-electron chi connectivity index (χ0n) is 18.3. The molecule has 2 aromatic heterocycles. The van der Waals surface area contributed by atoms with E-state index in [4.69, 9.17) is 34.5 Å². The van der Waals surface area contributed by atoms with Crippen LogP contribution in [0.2, 0.25) is 5.15 Å². The van der Waals surface area contributed by atoms with Crippen LogP contribution >= 0.6 is 23.8 Å². The van der Waals surface area contributed by atoms with Crippen LogP contribution in [-0.4, -0.2) is 44.7 Å². The van der Waals surface area contributed by atoms with Gasteiger partial charge < -0.3 is 16.0 Å². The second-order valence-electron chi connectivity index (χ2n) is 8.09. The Morgan fingerprint density at radius 1 is 1.25 bits per heavy atom. The Bertz CT molecular complexity index is 1150. The largest absolute Gasteiger partial charge is 0.383 e. The number of benzene rings is 1. The van der Waals surface area contributed by atoms with Crippen molar-refractivity contribution in [2.75, 3.05) is 24.6 Å². The number of amidine groups is 1. The highest BCUT2D eigenvalue weighted by Crippen LogP contribution is 2.23. The van der Waals surface area contributed by atoms with Gasteiger partial charge in [0, 0.05) is 25.0 Å². The van der Waals surface area contributed by atoms with Crippen LogP contribution in [0.25, 0.3) is 0 Å². The van der Waals surface area contributed by atoms with Crippen LogP contribution in [0.4, 0.5) is 11.5 Å². The van der Waals surface area contributed by atoms with Crippen molar-refractivity contribution in [1.82, 2.24) is 19.2 Å². The number of likely N-dealkylation sites (tertiary alicyclic amines) is 1. The van der Waals surface area contributed by atoms with Gasteiger partial charge >= 0.3 is 0 Å². The van der Waals surface area contributed by atoms with E-state index in [0.717, 1.165) is 36.3 Å². The second-order valence-corrected chi connectivity index (χ2v) is 8.87. The maximum atomic E-state index is 6.68. The molecule has 1 aliphatic rings. The summed E-state index contributed by atoms with van der Waals surface area (Å²) in [5.74, 6) is 1.26. The second kappa shape index (κ2) is 9.85. The summed E-state index contributed by atoms with van der Waals surface area (Å²) in [4.78, 5) is 11.4. The van der Waals surface area contributed by atoms with Gasteiger partial charge in [-0.05, 0) is 50.2 Å². The number of para-hydroxylation sites is 1. The van der Waals surface area contributed by atoms with Gasteiger partial charge in [-0.25, -0.2) is 4.98 Å². The van der Waals surface area contributed by atoms with Gasteiger partial charge in [0.2, 0.25) is 0 Å². The lowest BCUT2D eigenvalue weighted by atomic mass is 10.2. The molecule has 0 radical (unpaired) electrons. The minimum absolute atomic E-state index is 0.424. The Labute approximate surface area is 198 Å². The lowest BCUT2D eigenvalue weighted by molar-refractivity contribution is 0.266. The SMILES string of the molecule is CN1CCCC1Cn1c(N)c(C(=NCc2ccc(Cl)nc2)Nc2ccccc2)c(=S)n1C. The Morgan fingerprint density at radius 3 is 2.69 bits per heavy atom. The highest BCUT2D eigenvalue weighted by Gasteiger charge is 2.25. The smallest absolute Gasteiger partial charge is 0.139 e. The number of nitrogen functional groups attached to an aromatic ring is 1. The molecule has 0 aliphatic carbocycles. The molecular formula is C23H28ClN7S. The summed E-state index contributed by atoms with van der Waals surface area (Å²) in [5.41, 5.74) is 9.29. The normalized spacial score (nSPS) is 17.1. The van der Waals surface area contributed by atoms with E-state index in [0.29, 0.717) is 34.0 Å². The van der Waals surface area contributed by atoms with Gasteiger partial charge in [-0.3, -0.25) is 14.4 Å². The minimum atomic E-state index is 0.424. The minimum Gasteiger partial charge on any atom is -0.383 e. The van der Waals surface area contributed by atoms with Crippen LogP contribution in [0.3, 0.4) is 0 Å². The van der Waals surface area contributed by atoms with E-state index in [1.807, 2.05) is 48.1 Å². The molecule has 1 fully saturated rings. The van der Waals surface area contributed by atoms with Crippen LogP contribution in [0, 0.1) is 4.64 Å². The number of nitrogens with two attached hydrogens (primary N) is 1. The molecule has 9 heteroatoms. The van der Waals surface area contributed by atoms with Gasteiger partial charge in [0.15, 0.2) is 0 Å². The van der Waals surface area contributed by atoms with E-state index in [1.54, 1.807) is 12.3 Å². The van der Waals surface area contributed by atoms with Gasteiger partial charge in [0.25, 0.3) is 0 Å². The predicted octanol–water partition coefficient (Wildman–Crippen LogP) is 4.34. The van der Waals surface area contributed by atoms with Gasteiger partial charge in [0.05, 0.1) is 18.7 Å². The molecule has 1 saturated heterocycles. The number of rotatable bonds is 6. The topological polar surface area (TPSA) is 76.4 Å². The molecule has 3 heterocycles. The van der Waals surface area contributed by atoms with Crippen LogP contribution in [-0.2, 0) is 20.1 Å². The third-order valence-electron chi connectivity index (χ3n) is 5.94. The van der Waals surface area contributed by atoms with E-state index >= 15 is 0 Å². The van der Waals surface area contributed by atoms with Crippen molar-refractivity contribution in [3.63, 3.8) is 0 Å². The lowest BCUT2D eigenvalue weighted by Crippen LogP contribution is -2.31. The van der Waals surface area contributed by atoms with Crippen LogP contribution < -0.4 is 11.1 Å². The summed E-state index contributed by atoms with van der Waals surface area (Å²) < 4.78 is 4.67. The van der Waals surface area contributed by atoms with Crippen molar-refractivity contribution in [1.29, 1.82) is 0 Å². The number of anilines is 2. The molecule has 0 bridgehead atoms. The zero-order chi connectivity index (χ0) is 22.7. The Hall–Kier alpha value is -2.68. The summed E-state index contributed by atoms with van der Waals surface area (Å²) in [6.45, 7) is 2.33. The molecule has 168 valence electrons. The summed E-state index contributed by atoms with van der Waals surface area (Å²) in [6.07, 6.45) is 4.09. The number of nitrogens with zero attached hydrogens (tertiary/aromatic N) is 5. The maximum absolute atomic E-state index is 6.68. The van der Waals surface area contributed by atoms with E-state index in [2.05, 4.69) is 26.9 Å². The average Bonchev–Trinajstić information content (AvgIpc) is 3.29. The van der Waals surface area contributed by atoms with Crippen LogP contribution in [0.1, 0.15) is 24.0 Å². The number of likely N-dealkylation sites (N-methyl/N-ethyl adjacent to an activating group) is 1. The first-order valence-corrected chi connectivity index (χ1v) is 11.5. The Morgan fingerprint density at radius 2 is 2.03 bits per heavy atom. The summed E-state index contributed by atoms with van der Waals surface area (Å²) in [7, 11) is 4.12. The fourth-order valence-electron chi connectivity index (χ4n) is 4.03. The molecule has 0 saturated carbocycles. The lowest BCUT2D eigenvalue weighted by Gasteiger charge is -2.22. The maximum Gasteiger partial charge on any atom is 0.139 e. The third-order valence-corrected chi connectivity index (χ3v) is 6.63. The molecule has 3 N–H and O–H groups in total. The number of halogens is 1. The van der Waals surface area contributed by atoms with Crippen LogP contribution in [0.15, 0.2) is 53.7 Å². The fourth-order valence-corrected chi connectivity index (χ4v) is 4.45. The number of hydrogen-bond donors (Lipinski definition) is 2. The molecule has 1 unspecified atom stereocenters. The molecule has 3 aromatic rings. The monoisotopic (exact) mass is 469 g/mol. The van der Waals surface area contributed by atoms with Crippen LogP contribution in [0.5, 0.6) is 0 Å². The van der Waals surface area contributed by atoms with Crippen molar-refractivity contribution in [3.05, 3.63) is 69.6 Å². The summed E-state index contributed by atoms with van der Waals surface area (Å²) in [5, 5.41) is 3.88. The quantitative estimate of drug-likeness (QED) is 0.243. The van der Waals surface area contributed by atoms with Gasteiger partial charge in [-0.15, -0.1) is 0 Å².